The van der Waals surface area contributed by atoms with Crippen LogP contribution in [0.4, 0.5) is 10.1 Å². The minimum absolute atomic E-state index is 0.0506. The first-order chi connectivity index (χ1) is 7.63. The van der Waals surface area contributed by atoms with E-state index in [0.717, 1.165) is 29.2 Å². The number of nitrogens with zero attached hydrogens (tertiary/aromatic N) is 2. The third-order valence-electron chi connectivity index (χ3n) is 2.13. The Balaban J connectivity index is 2.53. The fourth-order valence-corrected chi connectivity index (χ4v) is 1.43. The fourth-order valence-electron chi connectivity index (χ4n) is 1.43. The van der Waals surface area contributed by atoms with E-state index in [1.807, 2.05) is 0 Å². The average Bonchev–Trinajstić information content (AvgIpc) is 2.59. The van der Waals surface area contributed by atoms with Crippen molar-refractivity contribution in [1.82, 2.24) is 0 Å². The van der Waals surface area contributed by atoms with Crippen LogP contribution < -0.4 is 4.90 Å². The molecule has 0 fully saturated rings. The highest BCUT2D eigenvalue weighted by Crippen LogP contribution is 2.23. The van der Waals surface area contributed by atoms with Gasteiger partial charge in [0.25, 0.3) is 11.8 Å². The lowest BCUT2D eigenvalue weighted by Gasteiger charge is -2.14. The van der Waals surface area contributed by atoms with Crippen LogP contribution in [-0.4, -0.2) is 11.8 Å². The van der Waals surface area contributed by atoms with Crippen LogP contribution in [0.15, 0.2) is 30.4 Å². The predicted octanol–water partition coefficient (Wildman–Crippen LogP) is 1.13. The van der Waals surface area contributed by atoms with Crippen LogP contribution in [0.3, 0.4) is 0 Å². The normalized spacial score (nSPS) is 14.4. The molecule has 5 heteroatoms. The summed E-state index contributed by atoms with van der Waals surface area (Å²) < 4.78 is 12.9. The molecule has 1 aliphatic rings. The Labute approximate surface area is 90.2 Å². The molecule has 0 spiro atoms. The number of hydrogen-bond acceptors (Lipinski definition) is 3. The molecule has 0 unspecified atom stereocenters. The molecular formula is C11H5FN2O2. The van der Waals surface area contributed by atoms with E-state index < -0.39 is 17.6 Å². The van der Waals surface area contributed by atoms with E-state index in [9.17, 15) is 14.0 Å². The molecule has 16 heavy (non-hydrogen) atoms. The number of nitriles is 1. The summed E-state index contributed by atoms with van der Waals surface area (Å²) in [6.45, 7) is 0. The van der Waals surface area contributed by atoms with Crippen molar-refractivity contribution in [1.29, 1.82) is 5.26 Å². The summed E-state index contributed by atoms with van der Waals surface area (Å²) in [6.07, 6.45) is 2.21. The second kappa shape index (κ2) is 3.59. The zero-order chi connectivity index (χ0) is 11.7. The molecule has 0 atom stereocenters. The second-order valence-electron chi connectivity index (χ2n) is 3.12. The Morgan fingerprint density at radius 2 is 1.81 bits per heavy atom. The molecule has 0 radical (unpaired) electrons. The lowest BCUT2D eigenvalue weighted by molar-refractivity contribution is -0.119. The summed E-state index contributed by atoms with van der Waals surface area (Å²) in [4.78, 5) is 23.5. The van der Waals surface area contributed by atoms with Gasteiger partial charge in [0.05, 0.1) is 11.3 Å². The topological polar surface area (TPSA) is 61.2 Å². The average molecular weight is 216 g/mol. The smallest absolute Gasteiger partial charge is 0.258 e. The molecule has 0 aromatic heterocycles. The van der Waals surface area contributed by atoms with Gasteiger partial charge in [-0.1, -0.05) is 0 Å². The summed E-state index contributed by atoms with van der Waals surface area (Å²) in [7, 11) is 0. The third kappa shape index (κ3) is 1.46. The van der Waals surface area contributed by atoms with Crippen molar-refractivity contribution in [2.45, 2.75) is 0 Å². The summed E-state index contributed by atoms with van der Waals surface area (Å²) >= 11 is 0. The maximum atomic E-state index is 12.9. The van der Waals surface area contributed by atoms with Crippen molar-refractivity contribution in [2.24, 2.45) is 0 Å². The quantitative estimate of drug-likeness (QED) is 0.661. The van der Waals surface area contributed by atoms with E-state index in [0.29, 0.717) is 0 Å². The summed E-state index contributed by atoms with van der Waals surface area (Å²) in [5.41, 5.74) is 0.0503. The van der Waals surface area contributed by atoms with Crippen LogP contribution in [0, 0.1) is 17.1 Å². The standard InChI is InChI=1S/C11H5FN2O2/c12-8-1-2-9(7(5-8)6-13)14-10(15)3-4-11(14)16/h1-5H. The van der Waals surface area contributed by atoms with E-state index >= 15 is 0 Å². The summed E-state index contributed by atoms with van der Waals surface area (Å²) in [5, 5.41) is 8.79. The zero-order valence-electron chi connectivity index (χ0n) is 7.98. The van der Waals surface area contributed by atoms with Gasteiger partial charge in [-0.15, -0.1) is 0 Å². The molecule has 0 saturated heterocycles. The molecule has 0 bridgehead atoms. The van der Waals surface area contributed by atoms with Gasteiger partial charge in [-0.05, 0) is 18.2 Å². The number of anilines is 1. The third-order valence-corrected chi connectivity index (χ3v) is 2.13. The SMILES string of the molecule is N#Cc1cc(F)ccc1N1C(=O)C=CC1=O. The lowest BCUT2D eigenvalue weighted by Crippen LogP contribution is -2.30. The molecule has 2 rings (SSSR count). The zero-order valence-corrected chi connectivity index (χ0v) is 7.98. The van der Waals surface area contributed by atoms with Gasteiger partial charge in [0.15, 0.2) is 0 Å². The number of imide groups is 1. The molecule has 1 aromatic rings. The van der Waals surface area contributed by atoms with Crippen LogP contribution in [0.2, 0.25) is 0 Å². The van der Waals surface area contributed by atoms with Gasteiger partial charge in [-0.25, -0.2) is 9.29 Å². The molecule has 78 valence electrons. The number of rotatable bonds is 1. The van der Waals surface area contributed by atoms with E-state index in [-0.39, 0.29) is 11.3 Å². The number of amides is 2. The van der Waals surface area contributed by atoms with Gasteiger partial charge in [0.1, 0.15) is 11.9 Å². The van der Waals surface area contributed by atoms with Crippen molar-refractivity contribution in [3.05, 3.63) is 41.7 Å². The van der Waals surface area contributed by atoms with Gasteiger partial charge < -0.3 is 0 Å². The Morgan fingerprint density at radius 1 is 1.19 bits per heavy atom. The van der Waals surface area contributed by atoms with Crippen molar-refractivity contribution in [3.8, 4) is 6.07 Å². The monoisotopic (exact) mass is 216 g/mol. The predicted molar refractivity (Wildman–Crippen MR) is 52.7 cm³/mol. The molecule has 1 aliphatic heterocycles. The first kappa shape index (κ1) is 10.1. The molecule has 0 N–H and O–H groups in total. The minimum atomic E-state index is -0.590. The van der Waals surface area contributed by atoms with Gasteiger partial charge >= 0.3 is 0 Å². The largest absolute Gasteiger partial charge is 0.269 e. The van der Waals surface area contributed by atoms with Gasteiger partial charge in [-0.3, -0.25) is 9.59 Å². The summed E-state index contributed by atoms with van der Waals surface area (Å²) in [6, 6.07) is 5.05. The van der Waals surface area contributed by atoms with Gasteiger partial charge in [0, 0.05) is 12.2 Å². The van der Waals surface area contributed by atoms with E-state index in [1.54, 1.807) is 6.07 Å². The van der Waals surface area contributed by atoms with Crippen LogP contribution in [0.5, 0.6) is 0 Å². The maximum Gasteiger partial charge on any atom is 0.258 e. The second-order valence-corrected chi connectivity index (χ2v) is 3.12. The fraction of sp³-hybridized carbons (Fsp3) is 0. The molecule has 0 aliphatic carbocycles. The van der Waals surface area contributed by atoms with Crippen molar-refractivity contribution in [2.75, 3.05) is 4.90 Å². The van der Waals surface area contributed by atoms with Gasteiger partial charge in [-0.2, -0.15) is 5.26 Å². The summed E-state index contributed by atoms with van der Waals surface area (Å²) in [5.74, 6) is -1.66. The molecule has 1 heterocycles. The number of hydrogen-bond donors (Lipinski definition) is 0. The van der Waals surface area contributed by atoms with Crippen LogP contribution in [-0.2, 0) is 9.59 Å². The molecule has 1 aromatic carbocycles. The number of benzene rings is 1. The highest BCUT2D eigenvalue weighted by Gasteiger charge is 2.27. The van der Waals surface area contributed by atoms with Crippen LogP contribution in [0.1, 0.15) is 5.56 Å². The molecule has 4 nitrogen and oxygen atoms in total. The Bertz CT molecular complexity index is 540. The highest BCUT2D eigenvalue weighted by molar-refractivity contribution is 6.28. The van der Waals surface area contributed by atoms with E-state index in [2.05, 4.69) is 0 Å². The number of halogens is 1. The van der Waals surface area contributed by atoms with Crippen molar-refractivity contribution < 1.29 is 14.0 Å². The minimum Gasteiger partial charge on any atom is -0.269 e. The molecule has 0 saturated carbocycles. The lowest BCUT2D eigenvalue weighted by atomic mass is 10.1. The molecular weight excluding hydrogens is 211 g/mol. The van der Waals surface area contributed by atoms with Crippen LogP contribution in [0.25, 0.3) is 0 Å². The number of carbonyl (C=O) groups is 2. The van der Waals surface area contributed by atoms with Crippen LogP contribution >= 0.6 is 0 Å². The van der Waals surface area contributed by atoms with Crippen molar-refractivity contribution in [3.63, 3.8) is 0 Å². The van der Waals surface area contributed by atoms with Crippen molar-refractivity contribution >= 4 is 17.5 Å². The van der Waals surface area contributed by atoms with Gasteiger partial charge in [0.2, 0.25) is 0 Å². The number of carbonyl (C=O) groups excluding carboxylic acids is 2. The maximum absolute atomic E-state index is 12.9. The Kier molecular flexibility index (Phi) is 2.25. The highest BCUT2D eigenvalue weighted by atomic mass is 19.1. The van der Waals surface area contributed by atoms with E-state index in [1.165, 1.54) is 6.07 Å². The Morgan fingerprint density at radius 3 is 2.38 bits per heavy atom. The first-order valence-corrected chi connectivity index (χ1v) is 4.39. The Hall–Kier alpha value is -2.48. The van der Waals surface area contributed by atoms with E-state index in [4.69, 9.17) is 5.26 Å². The first-order valence-electron chi connectivity index (χ1n) is 4.39. The molecule has 2 amide bonds.